The van der Waals surface area contributed by atoms with E-state index in [4.69, 9.17) is 37.9 Å². The van der Waals surface area contributed by atoms with Crippen molar-refractivity contribution in [3.63, 3.8) is 0 Å². The van der Waals surface area contributed by atoms with Gasteiger partial charge in [-0.05, 0) is 50.9 Å². The molecule has 380 valence electrons. The second kappa shape index (κ2) is 22.6. The lowest BCUT2D eigenvalue weighted by Crippen LogP contribution is -2.66. The van der Waals surface area contributed by atoms with Crippen molar-refractivity contribution in [3.05, 3.63) is 12.2 Å². The van der Waals surface area contributed by atoms with Gasteiger partial charge in [0.15, 0.2) is 37.2 Å². The zero-order valence-electron chi connectivity index (χ0n) is 36.1. The molecule has 4 heterocycles. The highest BCUT2D eigenvalue weighted by atomic mass is 16.8. The van der Waals surface area contributed by atoms with Gasteiger partial charge in [0.1, 0.15) is 79.4 Å². The normalized spacial score (nSPS) is 51.6. The maximum Gasteiger partial charge on any atom is 0.330 e. The van der Waals surface area contributed by atoms with E-state index in [9.17, 15) is 81.4 Å². The molecule has 24 heteroatoms. The lowest BCUT2D eigenvalue weighted by molar-refractivity contribution is -0.390. The molecule has 0 aromatic rings. The van der Waals surface area contributed by atoms with E-state index in [-0.39, 0.29) is 38.0 Å². The van der Waals surface area contributed by atoms with Crippen LogP contribution < -0.4 is 0 Å². The second-order valence-electron chi connectivity index (χ2n) is 19.0. The number of carbonyl (C=O) groups excluding carboxylic acids is 1. The predicted molar refractivity (Wildman–Crippen MR) is 215 cm³/mol. The summed E-state index contributed by atoms with van der Waals surface area (Å²) in [5, 5.41) is 160. The number of fused-ring (bicyclic) bond motifs is 1. The molecule has 0 aromatic carbocycles. The fraction of sp³-hybridized carbons (Fsp3) is 0.929. The number of ether oxygens (including phenoxy) is 8. The number of hydrogen-bond acceptors (Lipinski definition) is 23. The van der Waals surface area contributed by atoms with Crippen LogP contribution >= 0.6 is 0 Å². The van der Waals surface area contributed by atoms with E-state index in [1.54, 1.807) is 6.08 Å². The monoisotopic (exact) mass is 957 g/mol. The quantitative estimate of drug-likeness (QED) is 0.0463. The molecule has 3 aliphatic carbocycles. The van der Waals surface area contributed by atoms with Gasteiger partial charge in [-0.2, -0.15) is 0 Å². The number of aliphatic hydroxyl groups is 17. The van der Waals surface area contributed by atoms with Crippen molar-refractivity contribution >= 4 is 5.97 Å². The third-order valence-corrected chi connectivity index (χ3v) is 14.5. The van der Waals surface area contributed by atoms with Crippen molar-refractivity contribution < 1.29 is 119 Å². The standard InChI is InChI=1S/C42H68O24/c43-12-25-30(52)33(55)35(57)40(62-25)60-23-10-18(47)9-22-19(23)11-24(37(59-22)16-7-20(48)29(51)21(49)8-16)61-42-39(34(56)31(53)26(13-44)64-42)66-41-36(58)38(32(54)27(14-45)63-41)65-28(50)6-3-15-1-4-17(46)5-2-15/h3,6,15-27,29-49,51-58H,1-2,4-5,7-14H2/p+1. The summed E-state index contributed by atoms with van der Waals surface area (Å²) < 4.78 is 46.6. The van der Waals surface area contributed by atoms with Gasteiger partial charge < -0.3 is 114 Å². The van der Waals surface area contributed by atoms with Gasteiger partial charge in [-0.1, -0.05) is 6.08 Å². The first-order valence-corrected chi connectivity index (χ1v) is 22.9. The Kier molecular flexibility index (Phi) is 17.9. The topological polar surface area (TPSA) is 398 Å². The predicted octanol–water partition coefficient (Wildman–Crippen LogP) is -7.23. The summed E-state index contributed by atoms with van der Waals surface area (Å²) in [6, 6.07) is 0. The first-order valence-electron chi connectivity index (χ1n) is 22.9. The molecule has 16 N–H and O–H groups in total. The Balaban J connectivity index is 1.14. The van der Waals surface area contributed by atoms with Crippen LogP contribution in [0.1, 0.15) is 57.8 Å². The number of rotatable bonds is 13. The molecule has 7 rings (SSSR count). The molecular weight excluding hydrogens is 888 g/mol. The summed E-state index contributed by atoms with van der Waals surface area (Å²) in [4.78, 5) is 13.0. The van der Waals surface area contributed by atoms with Crippen LogP contribution in [0.25, 0.3) is 0 Å². The maximum absolute atomic E-state index is 13.0. The highest BCUT2D eigenvalue weighted by Crippen LogP contribution is 2.44. The van der Waals surface area contributed by atoms with Crippen molar-refractivity contribution in [3.8, 4) is 0 Å². The van der Waals surface area contributed by atoms with Crippen molar-refractivity contribution in [1.29, 1.82) is 0 Å². The number of hydrogen-bond donors (Lipinski definition) is 15. The molecule has 23 atom stereocenters. The van der Waals surface area contributed by atoms with Crippen LogP contribution in [-0.4, -0.2) is 254 Å². The van der Waals surface area contributed by atoms with Gasteiger partial charge in [-0.15, -0.1) is 0 Å². The van der Waals surface area contributed by atoms with Gasteiger partial charge in [-0.25, -0.2) is 4.79 Å². The molecule has 0 spiro atoms. The number of allylic oxidation sites excluding steroid dienone is 1. The van der Waals surface area contributed by atoms with Gasteiger partial charge in [0, 0.05) is 24.8 Å². The molecular formula is C42H69O24+. The van der Waals surface area contributed by atoms with Gasteiger partial charge >= 0.3 is 5.97 Å². The maximum atomic E-state index is 13.0. The van der Waals surface area contributed by atoms with Crippen molar-refractivity contribution in [1.82, 2.24) is 0 Å². The van der Waals surface area contributed by atoms with Crippen LogP contribution in [0.15, 0.2) is 12.2 Å². The lowest BCUT2D eigenvalue weighted by Gasteiger charge is -2.51. The second-order valence-corrected chi connectivity index (χ2v) is 19.0. The molecule has 0 aromatic heterocycles. The van der Waals surface area contributed by atoms with Crippen LogP contribution in [0.2, 0.25) is 0 Å². The molecule has 23 unspecified atom stereocenters. The summed E-state index contributed by atoms with van der Waals surface area (Å²) in [7, 11) is 0. The average Bonchev–Trinajstić information content (AvgIpc) is 3.29. The highest BCUT2D eigenvalue weighted by molar-refractivity contribution is 5.82. The minimum Gasteiger partial charge on any atom is -0.453 e. The Morgan fingerprint density at radius 2 is 1.09 bits per heavy atom. The van der Waals surface area contributed by atoms with Crippen LogP contribution in [0, 0.1) is 17.8 Å². The van der Waals surface area contributed by atoms with Crippen LogP contribution in [0.3, 0.4) is 0 Å². The molecule has 4 aliphatic heterocycles. The van der Waals surface area contributed by atoms with E-state index in [0.717, 1.165) is 6.08 Å². The molecule has 24 nitrogen and oxygen atoms in total. The van der Waals surface area contributed by atoms with Crippen molar-refractivity contribution in [2.45, 2.75) is 205 Å². The highest BCUT2D eigenvalue weighted by Gasteiger charge is 2.58. The molecule has 7 aliphatic rings. The average molecular weight is 958 g/mol. The summed E-state index contributed by atoms with van der Waals surface area (Å²) in [5.41, 5.74) is 0. The van der Waals surface area contributed by atoms with E-state index in [1.165, 1.54) is 0 Å². The first-order chi connectivity index (χ1) is 31.4. The summed E-state index contributed by atoms with van der Waals surface area (Å²) in [5.74, 6) is -2.35. The summed E-state index contributed by atoms with van der Waals surface area (Å²) in [6.45, 7) is -2.43. The van der Waals surface area contributed by atoms with Gasteiger partial charge in [0.05, 0.1) is 56.3 Å². The molecule has 0 bridgehead atoms. The Labute approximate surface area is 379 Å². The van der Waals surface area contributed by atoms with E-state index >= 15 is 0 Å². The molecule has 7 fully saturated rings. The molecule has 3 saturated carbocycles. The Morgan fingerprint density at radius 3 is 1.71 bits per heavy atom. The minimum atomic E-state index is -1.99. The summed E-state index contributed by atoms with van der Waals surface area (Å²) >= 11 is 0. The van der Waals surface area contributed by atoms with E-state index in [0.29, 0.717) is 25.7 Å². The first kappa shape index (κ1) is 52.2. The number of esters is 1. The molecule has 66 heavy (non-hydrogen) atoms. The minimum absolute atomic E-state index is 0.0256. The van der Waals surface area contributed by atoms with Gasteiger partial charge in [0.25, 0.3) is 0 Å². The zero-order chi connectivity index (χ0) is 47.7. The smallest absolute Gasteiger partial charge is 0.330 e. The molecule has 0 radical (unpaired) electrons. The van der Waals surface area contributed by atoms with E-state index < -0.39 is 185 Å². The largest absolute Gasteiger partial charge is 0.453 e. The number of carbonyl (C=O) groups is 1. The molecule has 4 saturated heterocycles. The molecule has 0 amide bonds. The SMILES string of the molecule is O=C(C=CC1CCC(O)CC1)OC1C(O)C(CO)OC(OC2C(OC3CC4C(OC5OC(CO)C(O)C(O)C5O)CC(O)CC4[OH+]C3C3CC(O)C(O)C(O)C3)OC(CO)C(O)C2O)C1O. The fourth-order valence-corrected chi connectivity index (χ4v) is 10.7. The van der Waals surface area contributed by atoms with E-state index in [2.05, 4.69) is 0 Å². The third-order valence-electron chi connectivity index (χ3n) is 14.5. The fourth-order valence-electron chi connectivity index (χ4n) is 10.7. The van der Waals surface area contributed by atoms with Crippen molar-refractivity contribution in [2.24, 2.45) is 17.8 Å². The number of aliphatic hydroxyl groups excluding tert-OH is 15. The summed E-state index contributed by atoms with van der Waals surface area (Å²) in [6.07, 6.45) is -30.5. The lowest BCUT2D eigenvalue weighted by atomic mass is 9.72. The van der Waals surface area contributed by atoms with Gasteiger partial charge in [0.2, 0.25) is 0 Å². The Hall–Kier alpha value is -1.67. The Morgan fingerprint density at radius 1 is 0.530 bits per heavy atom. The Bertz CT molecular complexity index is 1560. The zero-order valence-corrected chi connectivity index (χ0v) is 36.1. The van der Waals surface area contributed by atoms with Crippen LogP contribution in [0.4, 0.5) is 0 Å². The van der Waals surface area contributed by atoms with Crippen molar-refractivity contribution in [2.75, 3.05) is 19.8 Å². The van der Waals surface area contributed by atoms with Crippen LogP contribution in [-0.2, 0) is 38.0 Å². The van der Waals surface area contributed by atoms with Gasteiger partial charge in [-0.3, -0.25) is 0 Å². The third kappa shape index (κ3) is 11.4. The van der Waals surface area contributed by atoms with Crippen LogP contribution in [0.5, 0.6) is 0 Å². The van der Waals surface area contributed by atoms with E-state index in [1.807, 2.05) is 0 Å².